The summed E-state index contributed by atoms with van der Waals surface area (Å²) in [6.45, 7) is 2.98. The quantitative estimate of drug-likeness (QED) is 0.684. The molecular formula is C21H22N2O2S. The normalized spacial score (nSPS) is 10.7. The van der Waals surface area contributed by atoms with Crippen LogP contribution >= 0.6 is 11.3 Å². The molecule has 3 rings (SSSR count). The van der Waals surface area contributed by atoms with Crippen molar-refractivity contribution in [3.05, 3.63) is 86.9 Å². The maximum atomic E-state index is 12.5. The molecule has 0 saturated carbocycles. The number of aryl methyl sites for hydroxylation is 1. The Morgan fingerprint density at radius 3 is 2.42 bits per heavy atom. The van der Waals surface area contributed by atoms with E-state index >= 15 is 0 Å². The SMILES string of the molecule is COCc1ccc(CNC(=O)c2sc(Cc3ccccc3)nc2C)cc1. The van der Waals surface area contributed by atoms with Gasteiger partial charge in [0.25, 0.3) is 5.91 Å². The third-order valence-corrected chi connectivity index (χ3v) is 5.19. The molecule has 3 aromatic rings. The number of amides is 1. The Morgan fingerprint density at radius 2 is 1.73 bits per heavy atom. The molecular weight excluding hydrogens is 344 g/mol. The van der Waals surface area contributed by atoms with E-state index in [2.05, 4.69) is 22.4 Å². The second-order valence-corrected chi connectivity index (χ2v) is 7.20. The van der Waals surface area contributed by atoms with Gasteiger partial charge >= 0.3 is 0 Å². The highest BCUT2D eigenvalue weighted by atomic mass is 32.1. The van der Waals surface area contributed by atoms with Crippen molar-refractivity contribution < 1.29 is 9.53 Å². The Balaban J connectivity index is 1.61. The van der Waals surface area contributed by atoms with Crippen molar-refractivity contribution in [1.82, 2.24) is 10.3 Å². The van der Waals surface area contributed by atoms with Gasteiger partial charge in [-0.2, -0.15) is 0 Å². The van der Waals surface area contributed by atoms with Crippen LogP contribution in [0.3, 0.4) is 0 Å². The Labute approximate surface area is 157 Å². The fraction of sp³-hybridized carbons (Fsp3) is 0.238. The van der Waals surface area contributed by atoms with Gasteiger partial charge in [-0.05, 0) is 23.6 Å². The van der Waals surface area contributed by atoms with Crippen molar-refractivity contribution in [2.24, 2.45) is 0 Å². The number of benzene rings is 2. The third-order valence-electron chi connectivity index (χ3n) is 4.03. The monoisotopic (exact) mass is 366 g/mol. The first kappa shape index (κ1) is 18.3. The highest BCUT2D eigenvalue weighted by Crippen LogP contribution is 2.21. The van der Waals surface area contributed by atoms with Crippen LogP contribution in [0.5, 0.6) is 0 Å². The summed E-state index contributed by atoms with van der Waals surface area (Å²) in [5, 5.41) is 3.95. The summed E-state index contributed by atoms with van der Waals surface area (Å²) in [5.41, 5.74) is 4.16. The fourth-order valence-corrected chi connectivity index (χ4v) is 3.71. The highest BCUT2D eigenvalue weighted by molar-refractivity contribution is 7.13. The van der Waals surface area contributed by atoms with Gasteiger partial charge in [0, 0.05) is 20.1 Å². The number of rotatable bonds is 7. The Bertz CT molecular complexity index is 857. The summed E-state index contributed by atoms with van der Waals surface area (Å²) in [6, 6.07) is 18.2. The Hall–Kier alpha value is -2.50. The molecule has 0 aliphatic carbocycles. The standard InChI is InChI=1S/C21H22N2O2S/c1-15-20(26-19(23-15)12-16-6-4-3-5-7-16)21(24)22-13-17-8-10-18(11-9-17)14-25-2/h3-11H,12-14H2,1-2H3,(H,22,24). The summed E-state index contributed by atoms with van der Waals surface area (Å²) in [4.78, 5) is 17.8. The van der Waals surface area contributed by atoms with Crippen molar-refractivity contribution >= 4 is 17.2 Å². The first-order chi connectivity index (χ1) is 12.7. The van der Waals surface area contributed by atoms with Gasteiger partial charge in [-0.25, -0.2) is 4.98 Å². The van der Waals surface area contributed by atoms with Crippen molar-refractivity contribution in [3.8, 4) is 0 Å². The smallest absolute Gasteiger partial charge is 0.263 e. The summed E-state index contributed by atoms with van der Waals surface area (Å²) in [6.07, 6.45) is 0.751. The van der Waals surface area contributed by atoms with Crippen molar-refractivity contribution in [2.75, 3.05) is 7.11 Å². The molecule has 5 heteroatoms. The van der Waals surface area contributed by atoms with Crippen LogP contribution in [0.25, 0.3) is 0 Å². The van der Waals surface area contributed by atoms with Gasteiger partial charge in [-0.1, -0.05) is 54.6 Å². The number of hydrogen-bond acceptors (Lipinski definition) is 4. The summed E-state index contributed by atoms with van der Waals surface area (Å²) < 4.78 is 5.11. The van der Waals surface area contributed by atoms with Crippen LogP contribution in [0, 0.1) is 6.92 Å². The Morgan fingerprint density at radius 1 is 1.04 bits per heavy atom. The number of methoxy groups -OCH3 is 1. The van der Waals surface area contributed by atoms with Gasteiger partial charge in [-0.15, -0.1) is 11.3 Å². The first-order valence-corrected chi connectivity index (χ1v) is 9.32. The van der Waals surface area contributed by atoms with Crippen LogP contribution in [0.2, 0.25) is 0 Å². The maximum absolute atomic E-state index is 12.5. The molecule has 0 spiro atoms. The lowest BCUT2D eigenvalue weighted by Gasteiger charge is -2.06. The second kappa shape index (κ2) is 8.74. The van der Waals surface area contributed by atoms with Gasteiger partial charge in [0.05, 0.1) is 17.3 Å². The molecule has 4 nitrogen and oxygen atoms in total. The van der Waals surface area contributed by atoms with E-state index in [1.165, 1.54) is 16.9 Å². The zero-order chi connectivity index (χ0) is 18.4. The number of thiazole rings is 1. The summed E-state index contributed by atoms with van der Waals surface area (Å²) >= 11 is 1.47. The number of nitrogens with one attached hydrogen (secondary N) is 1. The molecule has 1 N–H and O–H groups in total. The van der Waals surface area contributed by atoms with Crippen LogP contribution in [0.1, 0.15) is 37.1 Å². The molecule has 0 atom stereocenters. The van der Waals surface area contributed by atoms with E-state index < -0.39 is 0 Å². The molecule has 26 heavy (non-hydrogen) atoms. The van der Waals surface area contributed by atoms with Gasteiger partial charge < -0.3 is 10.1 Å². The first-order valence-electron chi connectivity index (χ1n) is 8.51. The lowest BCUT2D eigenvalue weighted by atomic mass is 10.1. The summed E-state index contributed by atoms with van der Waals surface area (Å²) in [5.74, 6) is -0.0692. The van der Waals surface area contributed by atoms with E-state index in [-0.39, 0.29) is 5.91 Å². The van der Waals surface area contributed by atoms with E-state index in [0.717, 1.165) is 28.2 Å². The number of nitrogens with zero attached hydrogens (tertiary/aromatic N) is 1. The van der Waals surface area contributed by atoms with Gasteiger partial charge in [0.1, 0.15) is 4.88 Å². The minimum atomic E-state index is -0.0692. The predicted molar refractivity (Wildman–Crippen MR) is 104 cm³/mol. The van der Waals surface area contributed by atoms with E-state index in [1.54, 1.807) is 7.11 Å². The van der Waals surface area contributed by atoms with Crippen LogP contribution in [-0.4, -0.2) is 18.0 Å². The molecule has 0 unspecified atom stereocenters. The highest BCUT2D eigenvalue weighted by Gasteiger charge is 2.15. The van der Waals surface area contributed by atoms with E-state index in [9.17, 15) is 4.79 Å². The second-order valence-electron chi connectivity index (χ2n) is 6.12. The average Bonchev–Trinajstić information content (AvgIpc) is 3.02. The number of carbonyl (C=O) groups is 1. The fourth-order valence-electron chi connectivity index (χ4n) is 2.69. The minimum Gasteiger partial charge on any atom is -0.380 e. The molecule has 0 saturated heterocycles. The molecule has 0 aliphatic rings. The molecule has 0 radical (unpaired) electrons. The molecule has 2 aromatic carbocycles. The molecule has 0 aliphatic heterocycles. The van der Waals surface area contributed by atoms with Crippen LogP contribution in [0.15, 0.2) is 54.6 Å². The lowest BCUT2D eigenvalue weighted by molar-refractivity contribution is 0.0954. The maximum Gasteiger partial charge on any atom is 0.263 e. The predicted octanol–water partition coefficient (Wildman–Crippen LogP) is 4.12. The number of ether oxygens (including phenoxy) is 1. The van der Waals surface area contributed by atoms with Crippen LogP contribution in [-0.2, 0) is 24.3 Å². The molecule has 1 amide bonds. The lowest BCUT2D eigenvalue weighted by Crippen LogP contribution is -2.22. The van der Waals surface area contributed by atoms with Gasteiger partial charge in [0.2, 0.25) is 0 Å². The third kappa shape index (κ3) is 4.77. The topological polar surface area (TPSA) is 51.2 Å². The van der Waals surface area contributed by atoms with Gasteiger partial charge in [0.15, 0.2) is 0 Å². The minimum absolute atomic E-state index is 0.0692. The number of hydrogen-bond donors (Lipinski definition) is 1. The van der Waals surface area contributed by atoms with Crippen molar-refractivity contribution in [3.63, 3.8) is 0 Å². The zero-order valence-corrected chi connectivity index (χ0v) is 15.8. The largest absolute Gasteiger partial charge is 0.380 e. The average molecular weight is 366 g/mol. The molecule has 134 valence electrons. The van der Waals surface area contributed by atoms with Crippen molar-refractivity contribution in [1.29, 1.82) is 0 Å². The molecule has 1 aromatic heterocycles. The summed E-state index contributed by atoms with van der Waals surface area (Å²) in [7, 11) is 1.68. The van der Waals surface area contributed by atoms with Crippen LogP contribution < -0.4 is 5.32 Å². The number of aromatic nitrogens is 1. The number of carbonyl (C=O) groups excluding carboxylic acids is 1. The van der Waals surface area contributed by atoms with E-state index in [0.29, 0.717) is 18.0 Å². The van der Waals surface area contributed by atoms with E-state index in [4.69, 9.17) is 4.74 Å². The molecule has 1 heterocycles. The van der Waals surface area contributed by atoms with Crippen molar-refractivity contribution in [2.45, 2.75) is 26.5 Å². The van der Waals surface area contributed by atoms with Gasteiger partial charge in [-0.3, -0.25) is 4.79 Å². The Kier molecular flexibility index (Phi) is 6.15. The van der Waals surface area contributed by atoms with Crippen LogP contribution in [0.4, 0.5) is 0 Å². The molecule has 0 fully saturated rings. The zero-order valence-electron chi connectivity index (χ0n) is 15.0. The molecule has 0 bridgehead atoms. The van der Waals surface area contributed by atoms with E-state index in [1.807, 2.05) is 49.4 Å².